The number of halogens is 2. The lowest BCUT2D eigenvalue weighted by atomic mass is 10.3. The highest BCUT2D eigenvalue weighted by atomic mass is 19.2. The van der Waals surface area contributed by atoms with Gasteiger partial charge in [-0.2, -0.15) is 0 Å². The molecule has 94 valence electrons. The first-order valence-corrected chi connectivity index (χ1v) is 5.21. The second kappa shape index (κ2) is 6.15. The first-order chi connectivity index (χ1) is 8.10. The number of hydrogen-bond acceptors (Lipinski definition) is 2. The van der Waals surface area contributed by atoms with Gasteiger partial charge in [0, 0.05) is 13.1 Å². The average Bonchev–Trinajstić information content (AvgIpc) is 2.31. The van der Waals surface area contributed by atoms with Gasteiger partial charge in [-0.15, -0.1) is 0 Å². The summed E-state index contributed by atoms with van der Waals surface area (Å²) in [6, 6.07) is 2.96. The normalized spacial score (nSPS) is 10.1. The number of urea groups is 1. The number of nitrogens with one attached hydrogen (secondary N) is 1. The maximum atomic E-state index is 13.3. The van der Waals surface area contributed by atoms with E-state index in [4.69, 9.17) is 5.11 Å². The maximum absolute atomic E-state index is 13.3. The second-order valence-corrected chi connectivity index (χ2v) is 3.33. The van der Waals surface area contributed by atoms with Gasteiger partial charge >= 0.3 is 6.03 Å². The van der Waals surface area contributed by atoms with E-state index in [-0.39, 0.29) is 18.8 Å². The van der Waals surface area contributed by atoms with Crippen molar-refractivity contribution in [1.29, 1.82) is 0 Å². The number of nitrogens with zero attached hydrogens (tertiary/aromatic N) is 1. The van der Waals surface area contributed by atoms with Gasteiger partial charge in [0.15, 0.2) is 11.6 Å². The molecule has 17 heavy (non-hydrogen) atoms. The van der Waals surface area contributed by atoms with Crippen molar-refractivity contribution in [3.05, 3.63) is 29.8 Å². The van der Waals surface area contributed by atoms with Gasteiger partial charge in [-0.25, -0.2) is 13.6 Å². The molecular formula is C11H14F2N2O2. The summed E-state index contributed by atoms with van der Waals surface area (Å²) in [5, 5.41) is 11.0. The maximum Gasteiger partial charge on any atom is 0.321 e. The Hall–Kier alpha value is -1.69. The summed E-state index contributed by atoms with van der Waals surface area (Å²) in [4.78, 5) is 12.9. The zero-order valence-electron chi connectivity index (χ0n) is 9.41. The minimum Gasteiger partial charge on any atom is -0.395 e. The van der Waals surface area contributed by atoms with Gasteiger partial charge in [-0.1, -0.05) is 6.07 Å². The van der Waals surface area contributed by atoms with Crippen LogP contribution in [0.4, 0.5) is 19.3 Å². The van der Waals surface area contributed by atoms with Crippen LogP contribution in [0, 0.1) is 11.6 Å². The van der Waals surface area contributed by atoms with Gasteiger partial charge in [-0.05, 0) is 19.1 Å². The fraction of sp³-hybridized carbons (Fsp3) is 0.364. The molecule has 1 rings (SSSR count). The number of carbonyl (C=O) groups excluding carboxylic acids is 1. The van der Waals surface area contributed by atoms with Gasteiger partial charge in [0.2, 0.25) is 0 Å². The molecule has 2 N–H and O–H groups in total. The molecule has 1 aromatic carbocycles. The number of hydrogen-bond donors (Lipinski definition) is 2. The van der Waals surface area contributed by atoms with Gasteiger partial charge < -0.3 is 15.3 Å². The SMILES string of the molecule is CCN(CCO)C(=O)Nc1cccc(F)c1F. The number of amides is 2. The van der Waals surface area contributed by atoms with Crippen LogP contribution in [-0.2, 0) is 0 Å². The highest BCUT2D eigenvalue weighted by Gasteiger charge is 2.14. The van der Waals surface area contributed by atoms with E-state index in [2.05, 4.69) is 5.32 Å². The van der Waals surface area contributed by atoms with Crippen LogP contribution < -0.4 is 5.32 Å². The molecular weight excluding hydrogens is 230 g/mol. The van der Waals surface area contributed by atoms with Crippen LogP contribution in [0.3, 0.4) is 0 Å². The molecule has 0 unspecified atom stereocenters. The van der Waals surface area contributed by atoms with Crippen molar-refractivity contribution in [2.24, 2.45) is 0 Å². The third-order valence-corrected chi connectivity index (χ3v) is 2.23. The zero-order valence-corrected chi connectivity index (χ0v) is 9.41. The topological polar surface area (TPSA) is 52.6 Å². The molecule has 6 heteroatoms. The summed E-state index contributed by atoms with van der Waals surface area (Å²) in [7, 11) is 0. The van der Waals surface area contributed by atoms with Crippen molar-refractivity contribution in [2.45, 2.75) is 6.92 Å². The lowest BCUT2D eigenvalue weighted by molar-refractivity contribution is 0.192. The van der Waals surface area contributed by atoms with Gasteiger partial charge in [0.1, 0.15) is 0 Å². The van der Waals surface area contributed by atoms with Crippen molar-refractivity contribution in [3.63, 3.8) is 0 Å². The molecule has 4 nitrogen and oxygen atoms in total. The standard InChI is InChI=1S/C11H14F2N2O2/c1-2-15(6-7-16)11(17)14-9-5-3-4-8(12)10(9)13/h3-5,16H,2,6-7H2,1H3,(H,14,17). The van der Waals surface area contributed by atoms with E-state index in [9.17, 15) is 13.6 Å². The van der Waals surface area contributed by atoms with E-state index < -0.39 is 17.7 Å². The number of carbonyl (C=O) groups is 1. The van der Waals surface area contributed by atoms with Crippen molar-refractivity contribution in [1.82, 2.24) is 4.90 Å². The first-order valence-electron chi connectivity index (χ1n) is 5.21. The Balaban J connectivity index is 2.76. The summed E-state index contributed by atoms with van der Waals surface area (Å²) in [5.41, 5.74) is -0.216. The molecule has 0 saturated heterocycles. The van der Waals surface area contributed by atoms with Crippen LogP contribution in [-0.4, -0.2) is 35.7 Å². The molecule has 2 amide bonds. The molecule has 0 aliphatic rings. The van der Waals surface area contributed by atoms with Crippen LogP contribution in [0.25, 0.3) is 0 Å². The van der Waals surface area contributed by atoms with Gasteiger partial charge in [-0.3, -0.25) is 0 Å². The highest BCUT2D eigenvalue weighted by molar-refractivity contribution is 5.89. The summed E-state index contributed by atoms with van der Waals surface area (Å²) < 4.78 is 26.1. The van der Waals surface area contributed by atoms with Crippen molar-refractivity contribution < 1.29 is 18.7 Å². The summed E-state index contributed by atoms with van der Waals surface area (Å²) in [5.74, 6) is -2.12. The minimum atomic E-state index is -1.10. The molecule has 0 aromatic heterocycles. The molecule has 0 spiro atoms. The van der Waals surface area contributed by atoms with Crippen LogP contribution >= 0.6 is 0 Å². The molecule has 0 saturated carbocycles. The summed E-state index contributed by atoms with van der Waals surface area (Å²) in [6.07, 6.45) is 0. The number of aliphatic hydroxyl groups is 1. The molecule has 0 aliphatic heterocycles. The number of rotatable bonds is 4. The molecule has 0 fully saturated rings. The lowest BCUT2D eigenvalue weighted by Crippen LogP contribution is -2.37. The van der Waals surface area contributed by atoms with Crippen LogP contribution in [0.2, 0.25) is 0 Å². The minimum absolute atomic E-state index is 0.138. The third-order valence-electron chi connectivity index (χ3n) is 2.23. The van der Waals surface area contributed by atoms with Crippen molar-refractivity contribution >= 4 is 11.7 Å². The Morgan fingerprint density at radius 2 is 2.18 bits per heavy atom. The third kappa shape index (κ3) is 3.39. The average molecular weight is 244 g/mol. The second-order valence-electron chi connectivity index (χ2n) is 3.33. The Morgan fingerprint density at radius 1 is 1.47 bits per heavy atom. The highest BCUT2D eigenvalue weighted by Crippen LogP contribution is 2.16. The fourth-order valence-electron chi connectivity index (χ4n) is 1.32. The molecule has 0 bridgehead atoms. The quantitative estimate of drug-likeness (QED) is 0.848. The van der Waals surface area contributed by atoms with E-state index in [1.807, 2.05) is 0 Å². The van der Waals surface area contributed by atoms with E-state index in [0.29, 0.717) is 6.54 Å². The molecule has 0 radical (unpaired) electrons. The van der Waals surface area contributed by atoms with E-state index in [0.717, 1.165) is 6.07 Å². The predicted molar refractivity (Wildman–Crippen MR) is 59.7 cm³/mol. The van der Waals surface area contributed by atoms with Crippen molar-refractivity contribution in [2.75, 3.05) is 25.0 Å². The Bertz CT molecular complexity index is 399. The monoisotopic (exact) mass is 244 g/mol. The van der Waals surface area contributed by atoms with E-state index in [1.165, 1.54) is 17.0 Å². The fourth-order valence-corrected chi connectivity index (χ4v) is 1.32. The van der Waals surface area contributed by atoms with Gasteiger partial charge in [0.25, 0.3) is 0 Å². The molecule has 0 aliphatic carbocycles. The van der Waals surface area contributed by atoms with E-state index >= 15 is 0 Å². The summed E-state index contributed by atoms with van der Waals surface area (Å²) in [6.45, 7) is 2.03. The zero-order chi connectivity index (χ0) is 12.8. The Kier molecular flexibility index (Phi) is 4.84. The van der Waals surface area contributed by atoms with Crippen LogP contribution in [0.1, 0.15) is 6.92 Å². The molecule has 1 aromatic rings. The van der Waals surface area contributed by atoms with Crippen LogP contribution in [0.5, 0.6) is 0 Å². The molecule has 0 heterocycles. The largest absolute Gasteiger partial charge is 0.395 e. The van der Waals surface area contributed by atoms with Gasteiger partial charge in [0.05, 0.1) is 12.3 Å². The Morgan fingerprint density at radius 3 is 2.76 bits per heavy atom. The number of likely N-dealkylation sites (N-methyl/N-ethyl adjacent to an activating group) is 1. The first kappa shape index (κ1) is 13.4. The lowest BCUT2D eigenvalue weighted by Gasteiger charge is -2.20. The van der Waals surface area contributed by atoms with Crippen LogP contribution in [0.15, 0.2) is 18.2 Å². The van der Waals surface area contributed by atoms with E-state index in [1.54, 1.807) is 6.92 Å². The summed E-state index contributed by atoms with van der Waals surface area (Å²) >= 11 is 0. The predicted octanol–water partition coefficient (Wildman–Crippen LogP) is 1.81. The number of anilines is 1. The number of benzene rings is 1. The molecule has 0 atom stereocenters. The Labute approximate surface area is 97.9 Å². The number of aliphatic hydroxyl groups excluding tert-OH is 1. The van der Waals surface area contributed by atoms with Crippen molar-refractivity contribution in [3.8, 4) is 0 Å². The smallest absolute Gasteiger partial charge is 0.321 e.